The first-order chi connectivity index (χ1) is 11.6. The lowest BCUT2D eigenvalue weighted by Crippen LogP contribution is -2.41. The van der Waals surface area contributed by atoms with Crippen LogP contribution in [0.4, 0.5) is 16.2 Å². The topological polar surface area (TPSA) is 114 Å². The predicted octanol–water partition coefficient (Wildman–Crippen LogP) is 2.98. The van der Waals surface area contributed by atoms with Crippen LogP contribution in [0.3, 0.4) is 0 Å². The molecule has 0 saturated carbocycles. The van der Waals surface area contributed by atoms with Crippen molar-refractivity contribution in [3.05, 3.63) is 33.9 Å². The van der Waals surface area contributed by atoms with Gasteiger partial charge in [-0.05, 0) is 52.2 Å². The van der Waals surface area contributed by atoms with Crippen LogP contribution in [-0.4, -0.2) is 40.9 Å². The van der Waals surface area contributed by atoms with Gasteiger partial charge in [0.1, 0.15) is 11.3 Å². The van der Waals surface area contributed by atoms with Crippen LogP contribution in [0.1, 0.15) is 39.2 Å². The van der Waals surface area contributed by atoms with Crippen molar-refractivity contribution >= 4 is 17.5 Å². The SMILES string of the molecule is Cc1ccc([N+](=O)[O-])c(NCCC[C@@H](CO)NC(=O)OC(C)(C)C)c1. The van der Waals surface area contributed by atoms with E-state index in [1.54, 1.807) is 32.9 Å². The monoisotopic (exact) mass is 353 g/mol. The molecule has 3 N–H and O–H groups in total. The Kier molecular flexibility index (Phi) is 7.63. The summed E-state index contributed by atoms with van der Waals surface area (Å²) in [7, 11) is 0. The number of anilines is 1. The molecule has 140 valence electrons. The molecule has 0 heterocycles. The Hall–Kier alpha value is -2.35. The first-order valence-corrected chi connectivity index (χ1v) is 8.21. The fourth-order valence-corrected chi connectivity index (χ4v) is 2.21. The van der Waals surface area contributed by atoms with Crippen molar-refractivity contribution in [3.8, 4) is 0 Å². The number of carbonyl (C=O) groups excluding carboxylic acids is 1. The van der Waals surface area contributed by atoms with E-state index >= 15 is 0 Å². The van der Waals surface area contributed by atoms with Gasteiger partial charge in [-0.15, -0.1) is 0 Å². The number of alkyl carbamates (subject to hydrolysis) is 1. The fourth-order valence-electron chi connectivity index (χ4n) is 2.21. The number of benzene rings is 1. The normalized spacial score (nSPS) is 12.4. The summed E-state index contributed by atoms with van der Waals surface area (Å²) in [6, 6.07) is 4.46. The second kappa shape index (κ2) is 9.22. The number of amides is 1. The van der Waals surface area contributed by atoms with Crippen LogP contribution >= 0.6 is 0 Å². The molecule has 1 aromatic rings. The first-order valence-electron chi connectivity index (χ1n) is 8.21. The number of nitrogens with zero attached hydrogens (tertiary/aromatic N) is 1. The minimum atomic E-state index is -0.601. The molecule has 1 amide bonds. The van der Waals surface area contributed by atoms with Gasteiger partial charge in [0.2, 0.25) is 0 Å². The Morgan fingerprint density at radius 1 is 1.40 bits per heavy atom. The molecule has 1 rings (SSSR count). The highest BCUT2D eigenvalue weighted by molar-refractivity contribution is 5.68. The number of ether oxygens (including phenoxy) is 1. The van der Waals surface area contributed by atoms with Crippen molar-refractivity contribution in [1.29, 1.82) is 0 Å². The highest BCUT2D eigenvalue weighted by Gasteiger charge is 2.19. The molecule has 0 saturated heterocycles. The molecule has 8 nitrogen and oxygen atoms in total. The van der Waals surface area contributed by atoms with Gasteiger partial charge < -0.3 is 20.5 Å². The summed E-state index contributed by atoms with van der Waals surface area (Å²) in [5, 5.41) is 26.0. The molecule has 0 aliphatic rings. The smallest absolute Gasteiger partial charge is 0.407 e. The summed E-state index contributed by atoms with van der Waals surface area (Å²) in [5.41, 5.74) is 0.810. The predicted molar refractivity (Wildman–Crippen MR) is 95.8 cm³/mol. The maximum atomic E-state index is 11.7. The van der Waals surface area contributed by atoms with Crippen LogP contribution in [0.5, 0.6) is 0 Å². The number of nitrogens with one attached hydrogen (secondary N) is 2. The van der Waals surface area contributed by atoms with Crippen LogP contribution in [0.2, 0.25) is 0 Å². The summed E-state index contributed by atoms with van der Waals surface area (Å²) in [6.07, 6.45) is 0.558. The standard InChI is InChI=1S/C17H27N3O5/c1-12-7-8-15(20(23)24)14(10-12)18-9-5-6-13(11-21)19-16(22)25-17(2,3)4/h7-8,10,13,18,21H,5-6,9,11H2,1-4H3,(H,19,22)/t13-/m0/s1. The highest BCUT2D eigenvalue weighted by Crippen LogP contribution is 2.25. The third-order valence-corrected chi connectivity index (χ3v) is 3.33. The molecule has 0 aliphatic carbocycles. The van der Waals surface area contributed by atoms with Crippen LogP contribution in [0, 0.1) is 17.0 Å². The number of hydrogen-bond acceptors (Lipinski definition) is 6. The molecule has 0 unspecified atom stereocenters. The third-order valence-electron chi connectivity index (χ3n) is 3.33. The molecule has 0 bridgehead atoms. The Bertz CT molecular complexity index is 598. The number of aliphatic hydroxyl groups is 1. The van der Waals surface area contributed by atoms with Gasteiger partial charge in [-0.25, -0.2) is 4.79 Å². The Morgan fingerprint density at radius 2 is 2.08 bits per heavy atom. The van der Waals surface area contributed by atoms with Crippen molar-refractivity contribution in [2.24, 2.45) is 0 Å². The van der Waals surface area contributed by atoms with Gasteiger partial charge in [0.15, 0.2) is 0 Å². The minimum absolute atomic E-state index is 0.0242. The molecular formula is C17H27N3O5. The Morgan fingerprint density at radius 3 is 2.64 bits per heavy atom. The number of carbonyl (C=O) groups is 1. The summed E-state index contributed by atoms with van der Waals surface area (Å²) < 4.78 is 5.15. The second-order valence-electron chi connectivity index (χ2n) is 6.87. The zero-order chi connectivity index (χ0) is 19.0. The van der Waals surface area contributed by atoms with E-state index in [0.717, 1.165) is 5.56 Å². The quantitative estimate of drug-likeness (QED) is 0.376. The van der Waals surface area contributed by atoms with E-state index < -0.39 is 22.7 Å². The molecular weight excluding hydrogens is 326 g/mol. The number of aliphatic hydroxyl groups excluding tert-OH is 1. The van der Waals surface area contributed by atoms with E-state index in [9.17, 15) is 20.0 Å². The van der Waals surface area contributed by atoms with Crippen LogP contribution in [-0.2, 0) is 4.74 Å². The van der Waals surface area contributed by atoms with Crippen molar-refractivity contribution in [1.82, 2.24) is 5.32 Å². The lowest BCUT2D eigenvalue weighted by atomic mass is 10.1. The zero-order valence-corrected chi connectivity index (χ0v) is 15.2. The van der Waals surface area contributed by atoms with Gasteiger partial charge in [-0.3, -0.25) is 10.1 Å². The van der Waals surface area contributed by atoms with Crippen molar-refractivity contribution in [3.63, 3.8) is 0 Å². The van der Waals surface area contributed by atoms with Crippen molar-refractivity contribution in [2.45, 2.75) is 52.2 Å². The average molecular weight is 353 g/mol. The van der Waals surface area contributed by atoms with E-state index in [4.69, 9.17) is 4.74 Å². The number of rotatable bonds is 8. The van der Waals surface area contributed by atoms with E-state index in [0.29, 0.717) is 25.1 Å². The van der Waals surface area contributed by atoms with Gasteiger partial charge >= 0.3 is 6.09 Å². The van der Waals surface area contributed by atoms with Gasteiger partial charge in [0, 0.05) is 12.6 Å². The number of nitro groups is 1. The van der Waals surface area contributed by atoms with E-state index in [2.05, 4.69) is 10.6 Å². The van der Waals surface area contributed by atoms with Gasteiger partial charge in [0.05, 0.1) is 17.6 Å². The van der Waals surface area contributed by atoms with Gasteiger partial charge in [-0.1, -0.05) is 6.07 Å². The number of nitro benzene ring substituents is 1. The second-order valence-corrected chi connectivity index (χ2v) is 6.87. The molecule has 25 heavy (non-hydrogen) atoms. The van der Waals surface area contributed by atoms with Crippen molar-refractivity contribution < 1.29 is 19.6 Å². The van der Waals surface area contributed by atoms with Crippen LogP contribution in [0.25, 0.3) is 0 Å². The largest absolute Gasteiger partial charge is 0.444 e. The summed E-state index contributed by atoms with van der Waals surface area (Å²) in [5.74, 6) is 0. The minimum Gasteiger partial charge on any atom is -0.444 e. The molecule has 1 atom stereocenters. The Labute approximate surface area is 147 Å². The summed E-state index contributed by atoms with van der Waals surface area (Å²) in [6.45, 7) is 7.43. The molecule has 0 aromatic heterocycles. The summed E-state index contributed by atoms with van der Waals surface area (Å²) in [4.78, 5) is 22.3. The van der Waals surface area contributed by atoms with Crippen molar-refractivity contribution in [2.75, 3.05) is 18.5 Å². The van der Waals surface area contributed by atoms with E-state index in [-0.39, 0.29) is 12.3 Å². The lowest BCUT2D eigenvalue weighted by molar-refractivity contribution is -0.384. The Balaban J connectivity index is 2.47. The molecule has 0 aliphatic heterocycles. The van der Waals surface area contributed by atoms with Gasteiger partial charge in [0.25, 0.3) is 5.69 Å². The number of aryl methyl sites for hydroxylation is 1. The van der Waals surface area contributed by atoms with Crippen LogP contribution < -0.4 is 10.6 Å². The third kappa shape index (κ3) is 7.84. The van der Waals surface area contributed by atoms with Crippen LogP contribution in [0.15, 0.2) is 18.2 Å². The maximum Gasteiger partial charge on any atom is 0.407 e. The maximum absolute atomic E-state index is 11.7. The molecule has 8 heteroatoms. The van der Waals surface area contributed by atoms with Gasteiger partial charge in [-0.2, -0.15) is 0 Å². The lowest BCUT2D eigenvalue weighted by Gasteiger charge is -2.22. The first kappa shape index (κ1) is 20.7. The zero-order valence-electron chi connectivity index (χ0n) is 15.2. The molecule has 0 spiro atoms. The number of hydrogen-bond donors (Lipinski definition) is 3. The van der Waals surface area contributed by atoms with E-state index in [1.165, 1.54) is 6.07 Å². The summed E-state index contributed by atoms with van der Waals surface area (Å²) >= 11 is 0. The molecule has 0 fully saturated rings. The average Bonchev–Trinajstić information content (AvgIpc) is 2.48. The molecule has 0 radical (unpaired) electrons. The molecule has 1 aromatic carbocycles. The highest BCUT2D eigenvalue weighted by atomic mass is 16.6. The van der Waals surface area contributed by atoms with E-state index in [1.807, 2.05) is 6.92 Å². The fraction of sp³-hybridized carbons (Fsp3) is 0.588.